The second kappa shape index (κ2) is 52.1. The Labute approximate surface area is 763 Å². The van der Waals surface area contributed by atoms with Gasteiger partial charge in [0.1, 0.15) is 53.0 Å². The van der Waals surface area contributed by atoms with Gasteiger partial charge in [-0.15, -0.1) is 0 Å². The molecule has 6 aromatic carbocycles. The summed E-state index contributed by atoms with van der Waals surface area (Å²) >= 11 is 0. The van der Waals surface area contributed by atoms with E-state index >= 15 is 0 Å². The van der Waals surface area contributed by atoms with Crippen LogP contribution in [0.25, 0.3) is 77.0 Å². The summed E-state index contributed by atoms with van der Waals surface area (Å²) in [6.07, 6.45) is 34.5. The van der Waals surface area contributed by atoms with E-state index in [2.05, 4.69) is 210 Å². The van der Waals surface area contributed by atoms with E-state index < -0.39 is 0 Å². The van der Waals surface area contributed by atoms with E-state index in [1.54, 1.807) is 43.9 Å². The molecule has 129 heavy (non-hydrogen) atoms. The van der Waals surface area contributed by atoms with Crippen LogP contribution < -0.4 is 22.9 Å². The zero-order valence-electron chi connectivity index (χ0n) is 79.5. The molecule has 4 aliphatic rings. The number of aromatic amines is 3. The maximum Gasteiger partial charge on any atom is 0.151 e. The van der Waals surface area contributed by atoms with E-state index in [-0.39, 0.29) is 0 Å². The number of fused-ring (bicyclic) bond motifs is 11. The Kier molecular flexibility index (Phi) is 40.5. The molecule has 0 fully saturated rings. The minimum absolute atomic E-state index is 0.491. The second-order valence-electron chi connectivity index (χ2n) is 29.1. The molecule has 11 N–H and O–H groups in total. The Morgan fingerprint density at radius 3 is 0.837 bits per heavy atom. The Morgan fingerprint density at radius 1 is 0.271 bits per heavy atom. The van der Waals surface area contributed by atoms with Gasteiger partial charge < -0.3 is 51.2 Å². The molecule has 13 aromatic heterocycles. The molecule has 0 spiro atoms. The summed E-state index contributed by atoms with van der Waals surface area (Å²) in [6.45, 7) is 32.0. The monoisotopic (exact) mass is 1730 g/mol. The first kappa shape index (κ1) is 100. The number of nitrogen functional groups attached to an aromatic ring is 4. The van der Waals surface area contributed by atoms with Gasteiger partial charge in [-0.2, -0.15) is 5.10 Å². The number of nitrogens with one attached hydrogen (secondary N) is 3. The Bertz CT molecular complexity index is 5560. The number of nitrogens with two attached hydrogens (primary N) is 4. The molecule has 0 saturated heterocycles. The molecule has 0 atom stereocenters. The van der Waals surface area contributed by atoms with E-state index in [1.165, 1.54) is 77.7 Å². The molecule has 0 aliphatic heterocycles. The number of nitrogens with zero attached hydrogens (tertiary/aromatic N) is 15. The third kappa shape index (κ3) is 25.0. The third-order valence-electron chi connectivity index (χ3n) is 21.9. The summed E-state index contributed by atoms with van der Waals surface area (Å²) < 4.78 is 8.18. The minimum atomic E-state index is 0.491. The van der Waals surface area contributed by atoms with E-state index in [0.29, 0.717) is 46.9 Å². The predicted molar refractivity (Wildman–Crippen MR) is 544 cm³/mol. The lowest BCUT2D eigenvalue weighted by atomic mass is 9.98. The van der Waals surface area contributed by atoms with Gasteiger partial charge in [0, 0.05) is 123 Å². The van der Waals surface area contributed by atoms with Crippen LogP contribution >= 0.6 is 0 Å². The molecule has 674 valence electrons. The van der Waals surface area contributed by atoms with Crippen LogP contribution in [-0.4, -0.2) is 88.3 Å². The van der Waals surface area contributed by atoms with Crippen molar-refractivity contribution >= 4 is 100 Å². The second-order valence-corrected chi connectivity index (χ2v) is 29.1. The molecule has 0 radical (unpaired) electrons. The quantitative estimate of drug-likeness (QED) is 0.0861. The molecule has 19 aromatic rings. The van der Waals surface area contributed by atoms with Crippen molar-refractivity contribution in [1.29, 1.82) is 0 Å². The fourth-order valence-corrected chi connectivity index (χ4v) is 16.5. The van der Waals surface area contributed by atoms with Crippen molar-refractivity contribution in [3.63, 3.8) is 0 Å². The van der Waals surface area contributed by atoms with Crippen LogP contribution in [0.5, 0.6) is 0 Å². The standard InChI is InChI=1S/4C16H16N4.C8H7N.2C7H6N2.C5H5N.8C2H6/c4*1-20-8-13(14-15(20)16(17)19-9-18-14)12-6-10-4-2-3-5-11(10)7-12;1-2-4-8-7(3-1)5-6-9-8;1-2-6-3-5-9-7(6)8-4-1;1-2-4-7-6(3-1)5-8-9-7;1-2-4-6-5-3-1;8*1-2/h4*2-5,8-9,12H,6-7H2,1H3,(H2,17,18,19);1-6,9H;2*1-5H,(H,8,9);1-5H;8*1-2H3. The maximum absolute atomic E-state index is 5.98. The largest absolute Gasteiger partial charge is 0.382 e. The summed E-state index contributed by atoms with van der Waals surface area (Å²) in [6, 6.07) is 64.7. The summed E-state index contributed by atoms with van der Waals surface area (Å²) in [5, 5.41) is 10.3. The molecule has 0 saturated carbocycles. The summed E-state index contributed by atoms with van der Waals surface area (Å²) in [5.74, 6) is 4.18. The van der Waals surface area contributed by atoms with Crippen molar-refractivity contribution < 1.29 is 0 Å². The lowest BCUT2D eigenvalue weighted by Crippen LogP contribution is -1.98. The molecular formula is C107H136N22. The highest BCUT2D eigenvalue weighted by atomic mass is 15.1. The number of para-hydroxylation sites is 2. The molecule has 13 heterocycles. The summed E-state index contributed by atoms with van der Waals surface area (Å²) in [4.78, 5) is 48.2. The highest BCUT2D eigenvalue weighted by Gasteiger charge is 2.31. The zero-order chi connectivity index (χ0) is 93.3. The van der Waals surface area contributed by atoms with Crippen molar-refractivity contribution in [3.05, 3.63) is 342 Å². The average Bonchev–Trinajstić information content (AvgIpc) is 1.63. The van der Waals surface area contributed by atoms with Crippen molar-refractivity contribution in [1.82, 2.24) is 88.3 Å². The topological polar surface area (TPSA) is 313 Å². The van der Waals surface area contributed by atoms with Crippen molar-refractivity contribution in [2.75, 3.05) is 22.9 Å². The number of pyridine rings is 2. The van der Waals surface area contributed by atoms with Gasteiger partial charge in [0.05, 0.1) is 33.8 Å². The van der Waals surface area contributed by atoms with E-state index in [0.717, 1.165) is 117 Å². The van der Waals surface area contributed by atoms with E-state index in [1.807, 2.05) is 249 Å². The molecule has 22 heteroatoms. The molecule has 4 aliphatic carbocycles. The zero-order valence-corrected chi connectivity index (χ0v) is 79.5. The smallest absolute Gasteiger partial charge is 0.151 e. The molecule has 23 rings (SSSR count). The fraction of sp³-hybridized carbons (Fsp3) is 0.299. The van der Waals surface area contributed by atoms with Gasteiger partial charge >= 0.3 is 0 Å². The Morgan fingerprint density at radius 2 is 0.550 bits per heavy atom. The number of hydrogen-bond acceptors (Lipinski definition) is 15. The normalized spacial score (nSPS) is 12.1. The van der Waals surface area contributed by atoms with Crippen LogP contribution in [0.4, 0.5) is 23.3 Å². The fourth-order valence-electron chi connectivity index (χ4n) is 16.5. The van der Waals surface area contributed by atoms with Crippen LogP contribution in [0, 0.1) is 0 Å². The summed E-state index contributed by atoms with van der Waals surface area (Å²) in [7, 11) is 8.03. The number of anilines is 4. The van der Waals surface area contributed by atoms with Crippen molar-refractivity contribution in [2.45, 2.75) is 186 Å². The number of aromatic nitrogens is 18. The maximum atomic E-state index is 5.98. The average molecular weight is 1730 g/mol. The third-order valence-corrected chi connectivity index (χ3v) is 21.9. The minimum Gasteiger partial charge on any atom is -0.382 e. The Hall–Kier alpha value is -14.2. The highest BCUT2D eigenvalue weighted by molar-refractivity contribution is 5.91. The highest BCUT2D eigenvalue weighted by Crippen LogP contribution is 2.42. The number of hydrogen-bond donors (Lipinski definition) is 7. The first-order valence-electron chi connectivity index (χ1n) is 46.0. The molecular weight excluding hydrogens is 1590 g/mol. The van der Waals surface area contributed by atoms with Gasteiger partial charge in [0.15, 0.2) is 23.3 Å². The molecule has 22 nitrogen and oxygen atoms in total. The van der Waals surface area contributed by atoms with E-state index in [9.17, 15) is 0 Å². The van der Waals surface area contributed by atoms with Gasteiger partial charge in [-0.1, -0.05) is 250 Å². The van der Waals surface area contributed by atoms with Gasteiger partial charge in [-0.05, 0) is 173 Å². The van der Waals surface area contributed by atoms with Gasteiger partial charge in [0.25, 0.3) is 0 Å². The van der Waals surface area contributed by atoms with Crippen LogP contribution in [0.2, 0.25) is 0 Å². The number of benzene rings is 6. The Balaban J connectivity index is 0.000000182. The molecule has 0 amide bonds. The lowest BCUT2D eigenvalue weighted by Gasteiger charge is -2.06. The first-order chi connectivity index (χ1) is 63.3. The van der Waals surface area contributed by atoms with Crippen LogP contribution in [0.3, 0.4) is 0 Å². The predicted octanol–water partition coefficient (Wildman–Crippen LogP) is 24.3. The van der Waals surface area contributed by atoms with Crippen LogP contribution in [-0.2, 0) is 79.6 Å². The van der Waals surface area contributed by atoms with Crippen molar-refractivity contribution in [3.8, 4) is 0 Å². The SMILES string of the molecule is CC.CC.CC.CC.CC.CC.CC.CC.Cn1cc(C2Cc3ccccc3C2)c2ncnc(N)c21.Cn1cc(C2Cc3ccccc3C2)c2ncnc(N)c21.Cn1cc(C2Cc3ccccc3C2)c2ncnc(N)c21.Cn1cc(C2Cc3ccccc3C2)c2ncnc(N)c21.c1ccc2[nH]ccc2c1.c1ccc2[nH]ncc2c1.c1ccncc1.c1cnc2[nH]ccc2c1. The number of aryl methyl sites for hydroxylation is 4. The van der Waals surface area contributed by atoms with Crippen LogP contribution in [0.1, 0.15) is 201 Å². The summed E-state index contributed by atoms with van der Waals surface area (Å²) in [5.41, 5.74) is 51.7. The lowest BCUT2D eigenvalue weighted by molar-refractivity contribution is 0.741. The molecule has 0 unspecified atom stereocenters. The van der Waals surface area contributed by atoms with Gasteiger partial charge in [0.2, 0.25) is 0 Å². The van der Waals surface area contributed by atoms with Crippen molar-refractivity contribution in [2.24, 2.45) is 28.2 Å². The molecule has 0 bridgehead atoms. The first-order valence-corrected chi connectivity index (χ1v) is 46.0. The van der Waals surface area contributed by atoms with Gasteiger partial charge in [-0.3, -0.25) is 10.1 Å². The number of rotatable bonds is 4. The van der Waals surface area contributed by atoms with Crippen LogP contribution in [0.15, 0.2) is 275 Å². The van der Waals surface area contributed by atoms with E-state index in [4.69, 9.17) is 22.9 Å². The van der Waals surface area contributed by atoms with Gasteiger partial charge in [-0.25, -0.2) is 44.9 Å². The number of H-pyrrole nitrogens is 3.